The Balaban J connectivity index is 3.23. The number of hydrogen-bond donors (Lipinski definition) is 3. The molecule has 0 fully saturated rings. The van der Waals surface area contributed by atoms with E-state index in [0.29, 0.717) is 16.4 Å². The van der Waals surface area contributed by atoms with Crippen LogP contribution in [0.3, 0.4) is 0 Å². The van der Waals surface area contributed by atoms with Crippen molar-refractivity contribution in [1.82, 2.24) is 15.2 Å². The lowest BCUT2D eigenvalue weighted by atomic mass is 10.3. The number of nitrogens with two attached hydrogens (primary N) is 2. The van der Waals surface area contributed by atoms with E-state index in [9.17, 15) is 4.79 Å². The van der Waals surface area contributed by atoms with E-state index in [0.717, 1.165) is 0 Å². The van der Waals surface area contributed by atoms with Crippen LogP contribution in [0.15, 0.2) is 5.03 Å². The Hall–Kier alpha value is -1.21. The lowest BCUT2D eigenvalue weighted by Gasteiger charge is -1.99. The summed E-state index contributed by atoms with van der Waals surface area (Å²) >= 11 is 1.35. The normalized spacial score (nSPS) is 10.1. The number of aromatic nitrogens is 2. The average Bonchev–Trinajstić information content (AvgIpc) is 2.42. The van der Waals surface area contributed by atoms with Crippen molar-refractivity contribution in [3.63, 3.8) is 0 Å². The first-order valence-electron chi connectivity index (χ1n) is 3.49. The summed E-state index contributed by atoms with van der Waals surface area (Å²) in [7, 11) is 1.67. The van der Waals surface area contributed by atoms with Gasteiger partial charge in [0.1, 0.15) is 16.4 Å². The lowest BCUT2D eigenvalue weighted by Crippen LogP contribution is -2.30. The predicted octanol–water partition coefficient (Wildman–Crippen LogP) is -0.672. The molecule has 0 saturated heterocycles. The summed E-state index contributed by atoms with van der Waals surface area (Å²) in [6, 6.07) is 0. The molecule has 0 aliphatic carbocycles. The van der Waals surface area contributed by atoms with Gasteiger partial charge in [0.2, 0.25) is 0 Å². The summed E-state index contributed by atoms with van der Waals surface area (Å²) in [5, 5.41) is 4.61. The highest BCUT2D eigenvalue weighted by molar-refractivity contribution is 7.98. The molecule has 0 aromatic carbocycles. The highest BCUT2D eigenvalue weighted by atomic mass is 32.2. The van der Waals surface area contributed by atoms with Crippen LogP contribution in [-0.4, -0.2) is 21.9 Å². The highest BCUT2D eigenvalue weighted by Crippen LogP contribution is 2.23. The van der Waals surface area contributed by atoms with E-state index in [1.54, 1.807) is 7.05 Å². The lowest BCUT2D eigenvalue weighted by molar-refractivity contribution is 0.0951. The first-order chi connectivity index (χ1) is 6.11. The zero-order valence-electron chi connectivity index (χ0n) is 7.37. The standard InChI is InChI=1S/C6H11N5OS/c1-11-4(7)3(5(12)9-8)6(10-11)13-2/h7-8H2,1-2H3,(H,9,12). The average molecular weight is 201 g/mol. The van der Waals surface area contributed by atoms with Gasteiger partial charge in [-0.25, -0.2) is 5.84 Å². The van der Waals surface area contributed by atoms with Crippen LogP contribution in [0, 0.1) is 0 Å². The molecule has 1 aromatic rings. The quantitative estimate of drug-likeness (QED) is 0.255. The monoisotopic (exact) mass is 201 g/mol. The molecule has 1 aromatic heterocycles. The van der Waals surface area contributed by atoms with Crippen LogP contribution in [0.1, 0.15) is 10.4 Å². The van der Waals surface area contributed by atoms with Crippen molar-refractivity contribution in [2.24, 2.45) is 12.9 Å². The van der Waals surface area contributed by atoms with Crippen LogP contribution in [0.4, 0.5) is 5.82 Å². The van der Waals surface area contributed by atoms with E-state index >= 15 is 0 Å². The number of nitrogens with zero attached hydrogens (tertiary/aromatic N) is 2. The Morgan fingerprint density at radius 3 is 2.77 bits per heavy atom. The highest BCUT2D eigenvalue weighted by Gasteiger charge is 2.19. The van der Waals surface area contributed by atoms with E-state index in [1.165, 1.54) is 16.4 Å². The maximum absolute atomic E-state index is 11.2. The fourth-order valence-corrected chi connectivity index (χ4v) is 1.55. The second kappa shape index (κ2) is 3.67. The second-order valence-electron chi connectivity index (χ2n) is 2.37. The molecular weight excluding hydrogens is 190 g/mol. The summed E-state index contributed by atoms with van der Waals surface area (Å²) in [6.45, 7) is 0. The van der Waals surface area contributed by atoms with E-state index in [4.69, 9.17) is 11.6 Å². The van der Waals surface area contributed by atoms with Crippen molar-refractivity contribution >= 4 is 23.5 Å². The Kier molecular flexibility index (Phi) is 2.79. The Morgan fingerprint density at radius 1 is 1.69 bits per heavy atom. The zero-order chi connectivity index (χ0) is 10.0. The third-order valence-electron chi connectivity index (χ3n) is 1.61. The SMILES string of the molecule is CSc1nn(C)c(N)c1C(=O)NN. The number of anilines is 1. The second-order valence-corrected chi connectivity index (χ2v) is 3.16. The summed E-state index contributed by atoms with van der Waals surface area (Å²) in [5.41, 5.74) is 7.98. The number of rotatable bonds is 2. The number of hydrogen-bond acceptors (Lipinski definition) is 5. The minimum Gasteiger partial charge on any atom is -0.383 e. The summed E-state index contributed by atoms with van der Waals surface area (Å²) in [4.78, 5) is 11.2. The molecule has 0 aliphatic rings. The van der Waals surface area contributed by atoms with Crippen LogP contribution in [-0.2, 0) is 7.05 Å². The molecule has 5 N–H and O–H groups in total. The van der Waals surface area contributed by atoms with E-state index < -0.39 is 5.91 Å². The Morgan fingerprint density at radius 2 is 2.31 bits per heavy atom. The number of thioether (sulfide) groups is 1. The number of carbonyl (C=O) groups is 1. The van der Waals surface area contributed by atoms with E-state index in [2.05, 4.69) is 5.10 Å². The van der Waals surface area contributed by atoms with Gasteiger partial charge in [0, 0.05) is 7.05 Å². The number of aryl methyl sites for hydroxylation is 1. The van der Waals surface area contributed by atoms with E-state index in [-0.39, 0.29) is 0 Å². The van der Waals surface area contributed by atoms with Crippen molar-refractivity contribution in [3.8, 4) is 0 Å². The van der Waals surface area contributed by atoms with Crippen molar-refractivity contribution in [2.45, 2.75) is 5.03 Å². The Labute approximate surface area is 79.6 Å². The number of nitrogens with one attached hydrogen (secondary N) is 1. The zero-order valence-corrected chi connectivity index (χ0v) is 8.18. The van der Waals surface area contributed by atoms with Crippen molar-refractivity contribution in [1.29, 1.82) is 0 Å². The van der Waals surface area contributed by atoms with Crippen LogP contribution in [0.5, 0.6) is 0 Å². The van der Waals surface area contributed by atoms with Crippen LogP contribution in [0.25, 0.3) is 0 Å². The molecule has 0 saturated carbocycles. The molecular formula is C6H11N5OS. The van der Waals surface area contributed by atoms with Gasteiger partial charge in [-0.2, -0.15) is 5.10 Å². The maximum Gasteiger partial charge on any atom is 0.271 e. The molecule has 72 valence electrons. The van der Waals surface area contributed by atoms with E-state index in [1.807, 2.05) is 11.7 Å². The summed E-state index contributed by atoms with van der Waals surface area (Å²) in [5.74, 6) is 4.90. The molecule has 13 heavy (non-hydrogen) atoms. The molecule has 0 unspecified atom stereocenters. The number of nitrogen functional groups attached to an aromatic ring is 2. The minimum atomic E-state index is -0.421. The molecule has 1 amide bonds. The summed E-state index contributed by atoms with van der Waals surface area (Å²) in [6.07, 6.45) is 1.81. The molecule has 0 atom stereocenters. The van der Waals surface area contributed by atoms with Gasteiger partial charge >= 0.3 is 0 Å². The number of hydrazine groups is 1. The fraction of sp³-hybridized carbons (Fsp3) is 0.333. The predicted molar refractivity (Wildman–Crippen MR) is 51.1 cm³/mol. The van der Waals surface area contributed by atoms with Crippen molar-refractivity contribution in [3.05, 3.63) is 5.56 Å². The van der Waals surface area contributed by atoms with Crippen molar-refractivity contribution in [2.75, 3.05) is 12.0 Å². The van der Waals surface area contributed by atoms with Gasteiger partial charge in [0.05, 0.1) is 0 Å². The topological polar surface area (TPSA) is 99.0 Å². The van der Waals surface area contributed by atoms with Gasteiger partial charge in [-0.1, -0.05) is 0 Å². The molecule has 7 heteroatoms. The van der Waals surface area contributed by atoms with Gasteiger partial charge in [-0.15, -0.1) is 11.8 Å². The smallest absolute Gasteiger partial charge is 0.271 e. The van der Waals surface area contributed by atoms with Gasteiger partial charge < -0.3 is 5.73 Å². The molecule has 0 aliphatic heterocycles. The third-order valence-corrected chi connectivity index (χ3v) is 2.28. The molecule has 0 bridgehead atoms. The number of carbonyl (C=O) groups excluding carboxylic acids is 1. The number of amides is 1. The van der Waals surface area contributed by atoms with Gasteiger partial charge in [0.25, 0.3) is 5.91 Å². The van der Waals surface area contributed by atoms with Crippen LogP contribution in [0.2, 0.25) is 0 Å². The first kappa shape index (κ1) is 9.87. The summed E-state index contributed by atoms with van der Waals surface area (Å²) < 4.78 is 1.44. The molecule has 0 radical (unpaired) electrons. The largest absolute Gasteiger partial charge is 0.383 e. The molecule has 1 rings (SSSR count). The fourth-order valence-electron chi connectivity index (χ4n) is 0.940. The maximum atomic E-state index is 11.2. The third kappa shape index (κ3) is 1.61. The Bertz CT molecular complexity index is 334. The van der Waals surface area contributed by atoms with Crippen LogP contribution < -0.4 is 17.0 Å². The first-order valence-corrected chi connectivity index (χ1v) is 4.71. The van der Waals surface area contributed by atoms with Gasteiger partial charge in [-0.05, 0) is 6.26 Å². The molecule has 1 heterocycles. The minimum absolute atomic E-state index is 0.312. The van der Waals surface area contributed by atoms with Crippen LogP contribution >= 0.6 is 11.8 Å². The van der Waals surface area contributed by atoms with Crippen molar-refractivity contribution < 1.29 is 4.79 Å². The van der Waals surface area contributed by atoms with Gasteiger partial charge in [-0.3, -0.25) is 14.9 Å². The molecule has 6 nitrogen and oxygen atoms in total. The van der Waals surface area contributed by atoms with Gasteiger partial charge in [0.15, 0.2) is 0 Å². The molecule has 0 spiro atoms.